The molecular weight excluding hydrogens is 238 g/mol. The van der Waals surface area contributed by atoms with Gasteiger partial charge in [-0.2, -0.15) is 0 Å². The Bertz CT molecular complexity index is 473. The van der Waals surface area contributed by atoms with E-state index in [0.29, 0.717) is 5.54 Å². The minimum atomic E-state index is -0.248. The van der Waals surface area contributed by atoms with Crippen LogP contribution in [-0.4, -0.2) is 24.5 Å². The second kappa shape index (κ2) is 5.95. The first-order valence-corrected chi connectivity index (χ1v) is 8.15. The van der Waals surface area contributed by atoms with Crippen molar-refractivity contribution in [3.05, 3.63) is 47.5 Å². The fourth-order valence-electron chi connectivity index (χ4n) is 2.18. The van der Waals surface area contributed by atoms with E-state index in [0.717, 1.165) is 6.42 Å². The topological polar surface area (TPSA) is 30.7 Å². The van der Waals surface area contributed by atoms with E-state index < -0.39 is 0 Å². The summed E-state index contributed by atoms with van der Waals surface area (Å²) in [7, 11) is -0.248. The van der Waals surface area contributed by atoms with Crippen LogP contribution in [0.5, 0.6) is 0 Å². The van der Waals surface area contributed by atoms with E-state index in [1.165, 1.54) is 5.69 Å². The number of hydrogen-bond donors (Lipinski definition) is 0. The van der Waals surface area contributed by atoms with E-state index in [4.69, 9.17) is 0 Å². The second-order valence-corrected chi connectivity index (χ2v) is 7.34. The number of aromatic nitrogens is 3. The van der Waals surface area contributed by atoms with Gasteiger partial charge in [-0.3, -0.25) is 0 Å². The molecule has 0 bridgehead atoms. The Morgan fingerprint density at radius 2 is 2.22 bits per heavy atom. The van der Waals surface area contributed by atoms with Crippen molar-refractivity contribution in [1.82, 2.24) is 15.0 Å². The van der Waals surface area contributed by atoms with Crippen molar-refractivity contribution < 1.29 is 0 Å². The molecule has 2 rings (SSSR count). The second-order valence-electron chi connectivity index (χ2n) is 4.83. The molecule has 0 saturated carbocycles. The van der Waals surface area contributed by atoms with Crippen LogP contribution < -0.4 is 0 Å². The Balaban J connectivity index is 2.12. The highest BCUT2D eigenvalue weighted by Gasteiger charge is 2.16. The molecular formula is C14H21N3Si. The van der Waals surface area contributed by atoms with Gasteiger partial charge >= 0.3 is 0 Å². The zero-order valence-electron chi connectivity index (χ0n) is 11.4. The molecule has 0 aromatic carbocycles. The molecule has 0 amide bonds. The molecule has 0 N–H and O–H groups in total. The lowest BCUT2D eigenvalue weighted by Crippen LogP contribution is -2.09. The highest BCUT2D eigenvalue weighted by Crippen LogP contribution is 2.21. The Kier molecular flexibility index (Phi) is 4.31. The van der Waals surface area contributed by atoms with Crippen molar-refractivity contribution in [2.24, 2.45) is 0 Å². The third-order valence-corrected chi connectivity index (χ3v) is 6.07. The monoisotopic (exact) mass is 259 g/mol. The minimum Gasteiger partial charge on any atom is -0.242 e. The van der Waals surface area contributed by atoms with Crippen molar-refractivity contribution in [2.75, 3.05) is 0 Å². The quantitative estimate of drug-likeness (QED) is 0.761. The summed E-state index contributed by atoms with van der Waals surface area (Å²) in [5.74, 6) is 0. The van der Waals surface area contributed by atoms with E-state index in [2.05, 4.69) is 67.7 Å². The number of nitrogens with zero attached hydrogens (tertiary/aromatic N) is 3. The molecule has 1 aromatic heterocycles. The van der Waals surface area contributed by atoms with E-state index in [-0.39, 0.29) is 15.6 Å². The zero-order valence-corrected chi connectivity index (χ0v) is 12.8. The average molecular weight is 259 g/mol. The van der Waals surface area contributed by atoms with Crippen LogP contribution in [0.3, 0.4) is 0 Å². The van der Waals surface area contributed by atoms with Gasteiger partial charge in [0.05, 0.1) is 21.3 Å². The van der Waals surface area contributed by atoms with E-state index in [1.54, 1.807) is 5.20 Å². The van der Waals surface area contributed by atoms with Gasteiger partial charge in [-0.05, 0) is 19.4 Å². The summed E-state index contributed by atoms with van der Waals surface area (Å²) in [6.45, 7) is 6.61. The first-order valence-electron chi connectivity index (χ1n) is 6.63. The fraction of sp³-hybridized carbons (Fsp3) is 0.429. The van der Waals surface area contributed by atoms with E-state index in [1.807, 2.05) is 4.68 Å². The van der Waals surface area contributed by atoms with Gasteiger partial charge in [-0.25, -0.2) is 4.68 Å². The number of hydrogen-bond acceptors (Lipinski definition) is 2. The number of rotatable bonds is 5. The van der Waals surface area contributed by atoms with Gasteiger partial charge in [0.15, 0.2) is 0 Å². The van der Waals surface area contributed by atoms with Crippen LogP contribution >= 0.6 is 0 Å². The third-order valence-electron chi connectivity index (χ3n) is 3.53. The maximum Gasteiger partial charge on any atom is 0.0904 e. The molecule has 0 aliphatic heterocycles. The summed E-state index contributed by atoms with van der Waals surface area (Å²) in [5, 5.41) is 10.2. The predicted octanol–water partition coefficient (Wildman–Crippen LogP) is 2.49. The highest BCUT2D eigenvalue weighted by molar-refractivity contribution is 6.46. The summed E-state index contributed by atoms with van der Waals surface area (Å²) in [5.41, 5.74) is 1.78. The van der Waals surface area contributed by atoms with Crippen LogP contribution in [-0.2, 0) is 0 Å². The maximum absolute atomic E-state index is 4.37. The van der Waals surface area contributed by atoms with Crippen LogP contribution in [0.1, 0.15) is 44.5 Å². The van der Waals surface area contributed by atoms with Gasteiger partial charge in [0.2, 0.25) is 0 Å². The van der Waals surface area contributed by atoms with Gasteiger partial charge in [0, 0.05) is 6.20 Å². The summed E-state index contributed by atoms with van der Waals surface area (Å²) in [6.07, 6.45) is 13.9. The Hall–Kier alpha value is -1.42. The molecule has 1 aromatic rings. The lowest BCUT2D eigenvalue weighted by Gasteiger charge is -2.11. The van der Waals surface area contributed by atoms with Gasteiger partial charge in [-0.1, -0.05) is 54.1 Å². The normalized spacial score (nSPS) is 18.3. The van der Waals surface area contributed by atoms with Gasteiger partial charge in [0.25, 0.3) is 0 Å². The molecule has 4 heteroatoms. The molecule has 1 aliphatic carbocycles. The summed E-state index contributed by atoms with van der Waals surface area (Å²) in [4.78, 5) is 0. The summed E-state index contributed by atoms with van der Waals surface area (Å²) in [6, 6.07) is 0.258. The van der Waals surface area contributed by atoms with Crippen LogP contribution in [0.25, 0.3) is 0 Å². The molecule has 1 heterocycles. The average Bonchev–Trinajstić information content (AvgIpc) is 3.05. The van der Waals surface area contributed by atoms with Gasteiger partial charge in [-0.15, -0.1) is 5.10 Å². The largest absolute Gasteiger partial charge is 0.242 e. The standard InChI is InChI=1S/C14H21N3Si/c1-4-11(3)18-14(5-2)13-10-17(16-15-13)12-8-6-7-9-12/h4,6-10,12,14H,5,18H2,1-3H3. The molecule has 96 valence electrons. The van der Waals surface area contributed by atoms with Crippen LogP contribution in [0.15, 0.2) is 41.8 Å². The Morgan fingerprint density at radius 3 is 2.83 bits per heavy atom. The van der Waals surface area contributed by atoms with E-state index >= 15 is 0 Å². The minimum absolute atomic E-state index is 0.248. The number of allylic oxidation sites excluding steroid dienone is 6. The molecule has 0 radical (unpaired) electrons. The SMILES string of the molecule is CC=C(C)[SiH2]C(CC)c1cn(C2C=CC=C2)nn1. The lowest BCUT2D eigenvalue weighted by atomic mass is 10.2. The van der Waals surface area contributed by atoms with Crippen molar-refractivity contribution in [1.29, 1.82) is 0 Å². The van der Waals surface area contributed by atoms with E-state index in [9.17, 15) is 0 Å². The van der Waals surface area contributed by atoms with Gasteiger partial charge in [0.1, 0.15) is 0 Å². The molecule has 1 unspecified atom stereocenters. The summed E-state index contributed by atoms with van der Waals surface area (Å²) >= 11 is 0. The van der Waals surface area contributed by atoms with Crippen molar-refractivity contribution >= 4 is 9.52 Å². The Labute approximate surface area is 111 Å². The third kappa shape index (κ3) is 2.87. The maximum atomic E-state index is 4.37. The molecule has 0 spiro atoms. The smallest absolute Gasteiger partial charge is 0.0904 e. The fourth-order valence-corrected chi connectivity index (χ4v) is 3.88. The molecule has 0 saturated heterocycles. The first-order chi connectivity index (χ1) is 8.74. The van der Waals surface area contributed by atoms with Crippen LogP contribution in [0.4, 0.5) is 0 Å². The predicted molar refractivity (Wildman–Crippen MR) is 78.3 cm³/mol. The zero-order chi connectivity index (χ0) is 13.0. The van der Waals surface area contributed by atoms with Crippen LogP contribution in [0.2, 0.25) is 0 Å². The van der Waals surface area contributed by atoms with Gasteiger partial charge < -0.3 is 0 Å². The highest BCUT2D eigenvalue weighted by atomic mass is 28.2. The van der Waals surface area contributed by atoms with Crippen molar-refractivity contribution in [3.63, 3.8) is 0 Å². The molecule has 18 heavy (non-hydrogen) atoms. The molecule has 1 aliphatic rings. The van der Waals surface area contributed by atoms with Crippen LogP contribution in [0, 0.1) is 0 Å². The molecule has 3 nitrogen and oxygen atoms in total. The molecule has 1 atom stereocenters. The summed E-state index contributed by atoms with van der Waals surface area (Å²) < 4.78 is 1.96. The molecule has 0 fully saturated rings. The Morgan fingerprint density at radius 1 is 1.50 bits per heavy atom. The van der Waals surface area contributed by atoms with Crippen molar-refractivity contribution in [3.8, 4) is 0 Å². The first kappa shape index (κ1) is 13.0. The van der Waals surface area contributed by atoms with Crippen molar-refractivity contribution in [2.45, 2.75) is 38.8 Å². The lowest BCUT2D eigenvalue weighted by molar-refractivity contribution is 0.603.